The van der Waals surface area contributed by atoms with Crippen molar-refractivity contribution in [2.24, 2.45) is 0 Å². The third-order valence-corrected chi connectivity index (χ3v) is 3.39. The molecule has 1 saturated heterocycles. The molecule has 0 bridgehead atoms. The summed E-state index contributed by atoms with van der Waals surface area (Å²) in [5, 5.41) is 20.1. The maximum absolute atomic E-state index is 10.9. The summed E-state index contributed by atoms with van der Waals surface area (Å²) in [7, 11) is 0. The molecule has 0 radical (unpaired) electrons. The number of imidazole rings is 1. The second-order valence-electron chi connectivity index (χ2n) is 4.52. The minimum Gasteiger partial charge on any atom is -0.395 e. The van der Waals surface area contributed by atoms with Gasteiger partial charge in [0, 0.05) is 20.0 Å². The Labute approximate surface area is 110 Å². The average molecular weight is 270 g/mol. The van der Waals surface area contributed by atoms with Gasteiger partial charge < -0.3 is 20.0 Å². The first-order chi connectivity index (χ1) is 9.13. The van der Waals surface area contributed by atoms with E-state index in [1.807, 2.05) is 0 Å². The van der Waals surface area contributed by atoms with Crippen LogP contribution >= 0.6 is 0 Å². The number of ether oxygens (including phenoxy) is 1. The Bertz CT molecular complexity index is 448. The first-order valence-corrected chi connectivity index (χ1v) is 6.22. The second kappa shape index (κ2) is 6.09. The smallest absolute Gasteiger partial charge is 0.342 e. The summed E-state index contributed by atoms with van der Waals surface area (Å²) in [6.07, 6.45) is 1.28. The summed E-state index contributed by atoms with van der Waals surface area (Å²) < 4.78 is 6.88. The molecular formula is C11H18N4O4. The molecule has 0 saturated carbocycles. The topological polar surface area (TPSA) is 93.7 Å². The molecule has 8 heteroatoms. The molecule has 106 valence electrons. The van der Waals surface area contributed by atoms with Gasteiger partial charge in [0.25, 0.3) is 0 Å². The first-order valence-electron chi connectivity index (χ1n) is 6.22. The largest absolute Gasteiger partial charge is 0.395 e. The Morgan fingerprint density at radius 1 is 1.63 bits per heavy atom. The SMILES string of the molecule is Cc1ncc([N+](=O)[O-])n1CCN1CCOCC1CO. The molecule has 1 fully saturated rings. The van der Waals surface area contributed by atoms with Gasteiger partial charge in [-0.25, -0.2) is 9.55 Å². The molecule has 1 atom stereocenters. The van der Waals surface area contributed by atoms with Crippen LogP contribution in [0.4, 0.5) is 5.82 Å². The lowest BCUT2D eigenvalue weighted by molar-refractivity contribution is -0.392. The third-order valence-electron chi connectivity index (χ3n) is 3.39. The van der Waals surface area contributed by atoms with Gasteiger partial charge in [0.2, 0.25) is 0 Å². The highest BCUT2D eigenvalue weighted by Gasteiger charge is 2.24. The van der Waals surface area contributed by atoms with Gasteiger partial charge in [0.05, 0.1) is 25.9 Å². The van der Waals surface area contributed by atoms with Crippen LogP contribution in [0.3, 0.4) is 0 Å². The molecule has 1 aromatic rings. The van der Waals surface area contributed by atoms with Gasteiger partial charge in [-0.15, -0.1) is 0 Å². The lowest BCUT2D eigenvalue weighted by Gasteiger charge is -2.33. The average Bonchev–Trinajstić information content (AvgIpc) is 2.78. The van der Waals surface area contributed by atoms with Crippen molar-refractivity contribution in [3.05, 3.63) is 22.1 Å². The van der Waals surface area contributed by atoms with Crippen molar-refractivity contribution in [2.75, 3.05) is 32.9 Å². The van der Waals surface area contributed by atoms with Crippen molar-refractivity contribution in [1.82, 2.24) is 14.5 Å². The van der Waals surface area contributed by atoms with E-state index in [-0.39, 0.29) is 18.5 Å². The lowest BCUT2D eigenvalue weighted by atomic mass is 10.2. The zero-order valence-electron chi connectivity index (χ0n) is 10.9. The molecule has 0 amide bonds. The Morgan fingerprint density at radius 3 is 3.11 bits per heavy atom. The minimum atomic E-state index is -0.428. The first kappa shape index (κ1) is 13.9. The normalized spacial score (nSPS) is 20.6. The fourth-order valence-electron chi connectivity index (χ4n) is 2.26. The summed E-state index contributed by atoms with van der Waals surface area (Å²) in [5.74, 6) is 0.631. The van der Waals surface area contributed by atoms with Crippen LogP contribution < -0.4 is 0 Å². The van der Waals surface area contributed by atoms with Gasteiger partial charge in [-0.1, -0.05) is 0 Å². The number of aliphatic hydroxyl groups excluding tert-OH is 1. The van der Waals surface area contributed by atoms with Crippen LogP contribution in [-0.2, 0) is 11.3 Å². The summed E-state index contributed by atoms with van der Waals surface area (Å²) in [6, 6.07) is -0.0309. The molecule has 0 aliphatic carbocycles. The van der Waals surface area contributed by atoms with E-state index < -0.39 is 4.92 Å². The number of hydrogen-bond donors (Lipinski definition) is 1. The number of aromatic nitrogens is 2. The Balaban J connectivity index is 2.01. The molecule has 0 aromatic carbocycles. The van der Waals surface area contributed by atoms with E-state index in [1.165, 1.54) is 6.20 Å². The maximum atomic E-state index is 10.9. The van der Waals surface area contributed by atoms with Crippen molar-refractivity contribution in [3.8, 4) is 0 Å². The van der Waals surface area contributed by atoms with Crippen LogP contribution in [0, 0.1) is 17.0 Å². The van der Waals surface area contributed by atoms with Gasteiger partial charge in [-0.3, -0.25) is 4.90 Å². The summed E-state index contributed by atoms with van der Waals surface area (Å²) in [6.45, 7) is 4.75. The highest BCUT2D eigenvalue weighted by molar-refractivity contribution is 5.18. The van der Waals surface area contributed by atoms with Crippen LogP contribution in [-0.4, -0.2) is 63.4 Å². The van der Waals surface area contributed by atoms with Crippen LogP contribution in [0.5, 0.6) is 0 Å². The molecule has 19 heavy (non-hydrogen) atoms. The summed E-state index contributed by atoms with van der Waals surface area (Å²) >= 11 is 0. The number of aliphatic hydroxyl groups is 1. The number of aryl methyl sites for hydroxylation is 1. The van der Waals surface area contributed by atoms with Crippen LogP contribution in [0.1, 0.15) is 5.82 Å². The molecule has 0 spiro atoms. The number of morpholine rings is 1. The minimum absolute atomic E-state index is 0.00584. The molecule has 2 rings (SSSR count). The van der Waals surface area contributed by atoms with Crippen molar-refractivity contribution < 1.29 is 14.8 Å². The highest BCUT2D eigenvalue weighted by Crippen LogP contribution is 2.14. The van der Waals surface area contributed by atoms with Crippen LogP contribution in [0.25, 0.3) is 0 Å². The molecule has 1 aliphatic rings. The van der Waals surface area contributed by atoms with Crippen molar-refractivity contribution in [3.63, 3.8) is 0 Å². The van der Waals surface area contributed by atoms with E-state index in [9.17, 15) is 15.2 Å². The van der Waals surface area contributed by atoms with E-state index in [0.29, 0.717) is 32.1 Å². The molecular weight excluding hydrogens is 252 g/mol. The molecule has 8 nitrogen and oxygen atoms in total. The van der Waals surface area contributed by atoms with Crippen molar-refractivity contribution in [1.29, 1.82) is 0 Å². The zero-order chi connectivity index (χ0) is 13.8. The standard InChI is InChI=1S/C11H18N4O4/c1-9-12-6-11(15(17)18)14(9)3-2-13-4-5-19-8-10(13)7-16/h6,10,16H,2-5,7-8H2,1H3. The number of rotatable bonds is 5. The third kappa shape index (κ3) is 3.09. The predicted octanol–water partition coefficient (Wildman–Crippen LogP) is -0.207. The van der Waals surface area contributed by atoms with Gasteiger partial charge >= 0.3 is 5.82 Å². The molecule has 2 heterocycles. The Hall–Kier alpha value is -1.51. The fraction of sp³-hybridized carbons (Fsp3) is 0.727. The fourth-order valence-corrected chi connectivity index (χ4v) is 2.26. The van der Waals surface area contributed by atoms with Gasteiger partial charge in [-0.2, -0.15) is 0 Å². The molecule has 1 aliphatic heterocycles. The lowest BCUT2D eigenvalue weighted by Crippen LogP contribution is -2.48. The predicted molar refractivity (Wildman–Crippen MR) is 66.9 cm³/mol. The molecule has 1 N–H and O–H groups in total. The van der Waals surface area contributed by atoms with Crippen molar-refractivity contribution >= 4 is 5.82 Å². The van der Waals surface area contributed by atoms with Crippen molar-refractivity contribution in [2.45, 2.75) is 19.5 Å². The maximum Gasteiger partial charge on any atom is 0.342 e. The summed E-state index contributed by atoms with van der Waals surface area (Å²) in [4.78, 5) is 16.5. The van der Waals surface area contributed by atoms with E-state index >= 15 is 0 Å². The number of hydrogen-bond acceptors (Lipinski definition) is 6. The monoisotopic (exact) mass is 270 g/mol. The van der Waals surface area contributed by atoms with Gasteiger partial charge in [0.15, 0.2) is 5.82 Å². The van der Waals surface area contributed by atoms with Gasteiger partial charge in [-0.05, 0) is 4.92 Å². The van der Waals surface area contributed by atoms with E-state index in [2.05, 4.69) is 9.88 Å². The Kier molecular flexibility index (Phi) is 4.46. The van der Waals surface area contributed by atoms with Gasteiger partial charge in [0.1, 0.15) is 12.7 Å². The van der Waals surface area contributed by atoms with E-state index in [0.717, 1.165) is 6.54 Å². The molecule has 1 unspecified atom stereocenters. The number of nitrogens with zero attached hydrogens (tertiary/aromatic N) is 4. The zero-order valence-corrected chi connectivity index (χ0v) is 10.9. The number of nitro groups is 1. The quantitative estimate of drug-likeness (QED) is 0.588. The highest BCUT2D eigenvalue weighted by atomic mass is 16.6. The van der Waals surface area contributed by atoms with E-state index in [1.54, 1.807) is 11.5 Å². The van der Waals surface area contributed by atoms with E-state index in [4.69, 9.17) is 4.74 Å². The van der Waals surface area contributed by atoms with Crippen LogP contribution in [0.15, 0.2) is 6.20 Å². The Morgan fingerprint density at radius 2 is 2.42 bits per heavy atom. The summed E-state index contributed by atoms with van der Waals surface area (Å²) in [5.41, 5.74) is 0. The molecule has 1 aromatic heterocycles. The second-order valence-corrected chi connectivity index (χ2v) is 4.52. The van der Waals surface area contributed by atoms with Crippen LogP contribution in [0.2, 0.25) is 0 Å².